The van der Waals surface area contributed by atoms with Crippen molar-refractivity contribution in [1.82, 2.24) is 4.98 Å². The van der Waals surface area contributed by atoms with E-state index in [2.05, 4.69) is 6.07 Å². The smallest absolute Gasteiger partial charge is 0.242 e. The lowest BCUT2D eigenvalue weighted by Crippen LogP contribution is -2.30. The molecule has 6 rings (SSSR count). The molecule has 0 bridgehead atoms. The van der Waals surface area contributed by atoms with Crippen LogP contribution in [0.4, 0.5) is 11.4 Å². The number of benzene rings is 4. The maximum Gasteiger partial charge on any atom is 0.242 e. The van der Waals surface area contributed by atoms with E-state index in [1.807, 2.05) is 116 Å². The highest BCUT2D eigenvalue weighted by Crippen LogP contribution is 2.48. The second-order valence-corrected chi connectivity index (χ2v) is 11.2. The van der Waals surface area contributed by atoms with Gasteiger partial charge >= 0.3 is 0 Å². The summed E-state index contributed by atoms with van der Waals surface area (Å²) in [6.07, 6.45) is 0. The minimum absolute atomic E-state index is 0.0621. The standard InChI is InChI=1S/C33H23N3OS2/c1-22-15-17-23(18-16-22)25-19-27(24-9-3-2-4-10-24)35-33(26(25)20-34)38-21-32(37)36-28-11-5-7-13-30(28)39-31-14-8-6-12-29(31)36/h2-19H,21H2,1H3. The molecule has 5 aromatic rings. The lowest BCUT2D eigenvalue weighted by molar-refractivity contribution is -0.115. The number of thioether (sulfide) groups is 1. The Morgan fingerprint density at radius 1 is 0.846 bits per heavy atom. The molecule has 0 N–H and O–H groups in total. The van der Waals surface area contributed by atoms with Gasteiger partial charge in [-0.3, -0.25) is 9.69 Å². The first kappa shape index (κ1) is 25.0. The normalized spacial score (nSPS) is 11.8. The number of anilines is 2. The van der Waals surface area contributed by atoms with Crippen LogP contribution in [-0.2, 0) is 4.79 Å². The van der Waals surface area contributed by atoms with Crippen LogP contribution in [0, 0.1) is 18.3 Å². The summed E-state index contributed by atoms with van der Waals surface area (Å²) in [5, 5.41) is 10.8. The van der Waals surface area contributed by atoms with Gasteiger partial charge in [0.2, 0.25) is 5.91 Å². The second-order valence-electron chi connectivity index (χ2n) is 9.13. The SMILES string of the molecule is Cc1ccc(-c2cc(-c3ccccc3)nc(SCC(=O)N3c4ccccc4Sc4ccccc43)c2C#N)cc1. The number of carbonyl (C=O) groups excluding carboxylic acids is 1. The van der Waals surface area contributed by atoms with Crippen molar-refractivity contribution >= 4 is 40.8 Å². The molecule has 0 radical (unpaired) electrons. The molecule has 0 saturated heterocycles. The van der Waals surface area contributed by atoms with Gasteiger partial charge in [0.1, 0.15) is 11.1 Å². The number of nitriles is 1. The second kappa shape index (κ2) is 10.8. The molecule has 4 aromatic carbocycles. The van der Waals surface area contributed by atoms with E-state index in [0.717, 1.165) is 49.1 Å². The molecule has 0 unspecified atom stereocenters. The number of carbonyl (C=O) groups is 1. The molecule has 6 heteroatoms. The topological polar surface area (TPSA) is 57.0 Å². The molecule has 39 heavy (non-hydrogen) atoms. The van der Waals surface area contributed by atoms with Gasteiger partial charge < -0.3 is 0 Å². The lowest BCUT2D eigenvalue weighted by Gasteiger charge is -2.31. The predicted octanol–water partition coefficient (Wildman–Crippen LogP) is 8.52. The predicted molar refractivity (Wildman–Crippen MR) is 159 cm³/mol. The Balaban J connectivity index is 1.39. The van der Waals surface area contributed by atoms with Gasteiger partial charge in [0.05, 0.1) is 28.4 Å². The fourth-order valence-electron chi connectivity index (χ4n) is 4.62. The zero-order chi connectivity index (χ0) is 26.8. The van der Waals surface area contributed by atoms with Crippen molar-refractivity contribution in [3.05, 3.63) is 120 Å². The van der Waals surface area contributed by atoms with Crippen molar-refractivity contribution < 1.29 is 4.79 Å². The Morgan fingerprint density at radius 3 is 2.10 bits per heavy atom. The highest BCUT2D eigenvalue weighted by atomic mass is 32.2. The summed E-state index contributed by atoms with van der Waals surface area (Å²) in [4.78, 5) is 22.6. The molecule has 1 aliphatic rings. The first-order chi connectivity index (χ1) is 19.1. The average Bonchev–Trinajstić information content (AvgIpc) is 2.99. The monoisotopic (exact) mass is 541 g/mol. The molecule has 1 aromatic heterocycles. The van der Waals surface area contributed by atoms with E-state index < -0.39 is 0 Å². The third-order valence-corrected chi connectivity index (χ3v) is 8.63. The van der Waals surface area contributed by atoms with Gasteiger partial charge in [-0.05, 0) is 42.8 Å². The number of amides is 1. The third kappa shape index (κ3) is 4.95. The third-order valence-electron chi connectivity index (χ3n) is 6.54. The van der Waals surface area contributed by atoms with Gasteiger partial charge in [-0.1, -0.05) is 108 Å². The van der Waals surface area contributed by atoms with Gasteiger partial charge in [0, 0.05) is 20.9 Å². The van der Waals surface area contributed by atoms with Crippen LogP contribution in [0.1, 0.15) is 11.1 Å². The number of nitrogens with zero attached hydrogens (tertiary/aromatic N) is 3. The summed E-state index contributed by atoms with van der Waals surface area (Å²) < 4.78 is 0. The molecule has 0 spiro atoms. The van der Waals surface area contributed by atoms with E-state index in [1.165, 1.54) is 11.8 Å². The molecular weight excluding hydrogens is 519 g/mol. The number of aryl methyl sites for hydroxylation is 1. The minimum Gasteiger partial charge on any atom is -0.278 e. The molecule has 0 saturated carbocycles. The highest BCUT2D eigenvalue weighted by molar-refractivity contribution is 8.00. The molecule has 1 amide bonds. The largest absolute Gasteiger partial charge is 0.278 e. The number of para-hydroxylation sites is 2. The molecule has 4 nitrogen and oxygen atoms in total. The van der Waals surface area contributed by atoms with E-state index in [4.69, 9.17) is 4.98 Å². The zero-order valence-corrected chi connectivity index (χ0v) is 22.8. The number of pyridine rings is 1. The molecule has 1 aliphatic heterocycles. The summed E-state index contributed by atoms with van der Waals surface area (Å²) in [6.45, 7) is 2.04. The Kier molecular flexibility index (Phi) is 6.93. The summed E-state index contributed by atoms with van der Waals surface area (Å²) >= 11 is 2.98. The van der Waals surface area contributed by atoms with E-state index in [0.29, 0.717) is 10.6 Å². The average molecular weight is 542 g/mol. The van der Waals surface area contributed by atoms with Crippen LogP contribution in [0.5, 0.6) is 0 Å². The summed E-state index contributed by atoms with van der Waals surface area (Å²) in [5.41, 5.74) is 6.86. The van der Waals surface area contributed by atoms with E-state index in [1.54, 1.807) is 16.7 Å². The summed E-state index contributed by atoms with van der Waals surface area (Å²) in [7, 11) is 0. The summed E-state index contributed by atoms with van der Waals surface area (Å²) in [5.74, 6) is 0.0773. The van der Waals surface area contributed by atoms with Gasteiger partial charge in [-0.2, -0.15) is 5.26 Å². The van der Waals surface area contributed by atoms with Crippen LogP contribution in [0.25, 0.3) is 22.4 Å². The van der Waals surface area contributed by atoms with Crippen molar-refractivity contribution in [1.29, 1.82) is 5.26 Å². The fraction of sp³-hybridized carbons (Fsp3) is 0.0606. The first-order valence-corrected chi connectivity index (χ1v) is 14.3. The van der Waals surface area contributed by atoms with Crippen molar-refractivity contribution in [3.8, 4) is 28.5 Å². The highest BCUT2D eigenvalue weighted by Gasteiger charge is 2.28. The molecule has 2 heterocycles. The van der Waals surface area contributed by atoms with Crippen LogP contribution >= 0.6 is 23.5 Å². The quantitative estimate of drug-likeness (QED) is 0.209. The van der Waals surface area contributed by atoms with Crippen molar-refractivity contribution in [2.45, 2.75) is 21.7 Å². The molecule has 0 fully saturated rings. The number of rotatable bonds is 5. The molecular formula is C33H23N3OS2. The maximum absolute atomic E-state index is 13.8. The van der Waals surface area contributed by atoms with E-state index >= 15 is 0 Å². The number of hydrogen-bond donors (Lipinski definition) is 0. The number of aromatic nitrogens is 1. The van der Waals surface area contributed by atoms with Crippen molar-refractivity contribution in [2.75, 3.05) is 10.7 Å². The Hall–Kier alpha value is -4.31. The van der Waals surface area contributed by atoms with Gasteiger partial charge in [-0.25, -0.2) is 4.98 Å². The van der Waals surface area contributed by atoms with Crippen LogP contribution in [0.15, 0.2) is 124 Å². The van der Waals surface area contributed by atoms with Crippen molar-refractivity contribution in [3.63, 3.8) is 0 Å². The number of hydrogen-bond acceptors (Lipinski definition) is 5. The van der Waals surface area contributed by atoms with Crippen molar-refractivity contribution in [2.24, 2.45) is 0 Å². The lowest BCUT2D eigenvalue weighted by atomic mass is 9.98. The molecule has 0 aliphatic carbocycles. The van der Waals surface area contributed by atoms with E-state index in [-0.39, 0.29) is 11.7 Å². The molecule has 188 valence electrons. The number of fused-ring (bicyclic) bond motifs is 2. The maximum atomic E-state index is 13.8. The Labute approximate surface area is 236 Å². The van der Waals surface area contributed by atoms with Crippen LogP contribution < -0.4 is 4.90 Å². The van der Waals surface area contributed by atoms with Gasteiger partial charge in [0.15, 0.2) is 0 Å². The fourth-order valence-corrected chi connectivity index (χ4v) is 6.53. The first-order valence-electron chi connectivity index (χ1n) is 12.5. The van der Waals surface area contributed by atoms with Crippen LogP contribution in [0.3, 0.4) is 0 Å². The van der Waals surface area contributed by atoms with E-state index in [9.17, 15) is 10.1 Å². The van der Waals surface area contributed by atoms with Gasteiger partial charge in [0.25, 0.3) is 0 Å². The molecule has 0 atom stereocenters. The van der Waals surface area contributed by atoms with Crippen LogP contribution in [0.2, 0.25) is 0 Å². The Morgan fingerprint density at radius 2 is 1.46 bits per heavy atom. The summed E-state index contributed by atoms with van der Waals surface area (Å²) in [6, 6.07) is 38.3. The Bertz CT molecular complexity index is 1680. The van der Waals surface area contributed by atoms with Gasteiger partial charge in [-0.15, -0.1) is 0 Å². The minimum atomic E-state index is -0.0621. The van der Waals surface area contributed by atoms with Crippen LogP contribution in [-0.4, -0.2) is 16.6 Å². The zero-order valence-electron chi connectivity index (χ0n) is 21.2.